The van der Waals surface area contributed by atoms with Crippen LogP contribution in [-0.4, -0.2) is 29.0 Å². The van der Waals surface area contributed by atoms with Crippen LogP contribution in [-0.2, 0) is 0 Å². The molecule has 0 unspecified atom stereocenters. The minimum absolute atomic E-state index is 0.0433. The number of benzene rings is 1. The Hall–Kier alpha value is -1.25. The predicted molar refractivity (Wildman–Crippen MR) is 96.0 cm³/mol. The first-order chi connectivity index (χ1) is 10.5. The molecule has 1 aromatic rings. The molecule has 2 nitrogen and oxygen atoms in total. The van der Waals surface area contributed by atoms with Crippen molar-refractivity contribution in [2.75, 3.05) is 12.9 Å². The molecule has 0 saturated carbocycles. The lowest BCUT2D eigenvalue weighted by Crippen LogP contribution is -2.35. The summed E-state index contributed by atoms with van der Waals surface area (Å²) < 4.78 is 0. The zero-order chi connectivity index (χ0) is 16.5. The van der Waals surface area contributed by atoms with Crippen molar-refractivity contribution < 1.29 is 5.11 Å². The Morgan fingerprint density at radius 1 is 1.36 bits per heavy atom. The molecule has 22 heavy (non-hydrogen) atoms. The number of hydrogen-bond acceptors (Lipinski definition) is 2. The molecule has 0 aliphatic heterocycles. The summed E-state index contributed by atoms with van der Waals surface area (Å²) >= 11 is 5.81. The average molecular weight is 322 g/mol. The number of aliphatic hydroxyl groups excluding tert-OH is 1. The Kier molecular flexibility index (Phi) is 8.29. The van der Waals surface area contributed by atoms with Gasteiger partial charge >= 0.3 is 0 Å². The summed E-state index contributed by atoms with van der Waals surface area (Å²) in [4.78, 5) is 2.08. The zero-order valence-electron chi connectivity index (χ0n) is 13.7. The van der Waals surface area contributed by atoms with E-state index in [9.17, 15) is 5.11 Å². The summed E-state index contributed by atoms with van der Waals surface area (Å²) in [7, 11) is 2.00. The van der Waals surface area contributed by atoms with Crippen LogP contribution in [0.2, 0.25) is 0 Å². The highest BCUT2D eigenvalue weighted by atomic mass is 35.5. The number of alkyl halides is 1. The van der Waals surface area contributed by atoms with Crippen LogP contribution < -0.4 is 0 Å². The molecule has 0 aromatic heterocycles. The summed E-state index contributed by atoms with van der Waals surface area (Å²) in [6.45, 7) is 10.1. The second kappa shape index (κ2) is 9.70. The number of nitrogens with zero attached hydrogens (tertiary/aromatic N) is 1. The average Bonchev–Trinajstić information content (AvgIpc) is 2.56. The van der Waals surface area contributed by atoms with Gasteiger partial charge < -0.3 is 10.0 Å². The van der Waals surface area contributed by atoms with Crippen molar-refractivity contribution in [1.29, 1.82) is 0 Å². The van der Waals surface area contributed by atoms with E-state index in [1.165, 1.54) is 0 Å². The smallest absolute Gasteiger partial charge is 0.0990 e. The molecule has 0 spiro atoms. The summed E-state index contributed by atoms with van der Waals surface area (Å²) in [5, 5.41) is 10.6. The number of hydrogen-bond donors (Lipinski definition) is 1. The van der Waals surface area contributed by atoms with Crippen LogP contribution in [0.25, 0.3) is 0 Å². The number of aliphatic hydroxyl groups is 1. The van der Waals surface area contributed by atoms with Crippen LogP contribution in [0.1, 0.15) is 37.9 Å². The van der Waals surface area contributed by atoms with E-state index in [0.29, 0.717) is 11.8 Å². The maximum Gasteiger partial charge on any atom is 0.0990 e. The normalized spacial score (nSPS) is 14.9. The largest absolute Gasteiger partial charge is 0.386 e. The Bertz CT molecular complexity index is 460. The molecule has 0 aliphatic carbocycles. The quantitative estimate of drug-likeness (QED) is 0.496. The highest BCUT2D eigenvalue weighted by molar-refractivity contribution is 6.17. The van der Waals surface area contributed by atoms with Gasteiger partial charge in [-0.2, -0.15) is 0 Å². The summed E-state index contributed by atoms with van der Waals surface area (Å²) in [6.07, 6.45) is 4.22. The summed E-state index contributed by atoms with van der Waals surface area (Å²) in [6, 6.07) is 9.70. The second-order valence-corrected chi connectivity index (χ2v) is 6.13. The van der Waals surface area contributed by atoms with Crippen molar-refractivity contribution in [2.45, 2.75) is 38.3 Å². The second-order valence-electron chi connectivity index (χ2n) is 5.75. The van der Waals surface area contributed by atoms with E-state index < -0.39 is 6.10 Å². The van der Waals surface area contributed by atoms with E-state index in [4.69, 9.17) is 11.6 Å². The zero-order valence-corrected chi connectivity index (χ0v) is 14.5. The van der Waals surface area contributed by atoms with E-state index >= 15 is 0 Å². The molecule has 0 bridgehead atoms. The van der Waals surface area contributed by atoms with Crippen molar-refractivity contribution in [3.63, 3.8) is 0 Å². The molecule has 3 atom stereocenters. The van der Waals surface area contributed by atoms with Gasteiger partial charge in [0.05, 0.1) is 12.1 Å². The molecule has 0 saturated heterocycles. The molecule has 122 valence electrons. The fraction of sp³-hybridized carbons (Fsp3) is 0.474. The molecule has 0 radical (unpaired) electrons. The third kappa shape index (κ3) is 5.19. The third-order valence-corrected chi connectivity index (χ3v) is 4.54. The Morgan fingerprint density at radius 2 is 2.00 bits per heavy atom. The van der Waals surface area contributed by atoms with Gasteiger partial charge in [-0.05, 0) is 31.7 Å². The molecule has 0 heterocycles. The minimum Gasteiger partial charge on any atom is -0.386 e. The van der Waals surface area contributed by atoms with Crippen LogP contribution in [0.3, 0.4) is 0 Å². The number of allylic oxidation sites excluding steroid dienone is 2. The first-order valence-corrected chi connectivity index (χ1v) is 8.37. The van der Waals surface area contributed by atoms with Gasteiger partial charge in [0.1, 0.15) is 0 Å². The van der Waals surface area contributed by atoms with E-state index in [-0.39, 0.29) is 6.04 Å². The molecule has 0 fully saturated rings. The molecular formula is C19H28ClNO. The van der Waals surface area contributed by atoms with Crippen LogP contribution in [0.4, 0.5) is 0 Å². The minimum atomic E-state index is -0.541. The summed E-state index contributed by atoms with van der Waals surface area (Å²) in [5.41, 5.74) is 1.96. The Balaban J connectivity index is 2.76. The first kappa shape index (κ1) is 18.8. The van der Waals surface area contributed by atoms with Crippen LogP contribution in [0.5, 0.6) is 0 Å². The van der Waals surface area contributed by atoms with E-state index in [1.807, 2.05) is 50.4 Å². The first-order valence-electron chi connectivity index (χ1n) is 7.84. The number of likely N-dealkylation sites (N-methyl/N-ethyl adjacent to an activating group) is 1. The lowest BCUT2D eigenvalue weighted by atomic mass is 9.94. The molecule has 0 amide bonds. The molecule has 1 aromatic carbocycles. The SMILES string of the molecule is C=CC[C@H](CCCCl)C(=C)N(C)[C@H](C)[C@H](O)c1ccccc1. The fourth-order valence-electron chi connectivity index (χ4n) is 2.64. The highest BCUT2D eigenvalue weighted by Crippen LogP contribution is 2.28. The fourth-order valence-corrected chi connectivity index (χ4v) is 2.79. The maximum absolute atomic E-state index is 10.6. The van der Waals surface area contributed by atoms with Crippen LogP contribution in [0, 0.1) is 5.92 Å². The molecule has 3 heteroatoms. The molecule has 0 aliphatic rings. The van der Waals surface area contributed by atoms with Gasteiger partial charge in [0.15, 0.2) is 0 Å². The van der Waals surface area contributed by atoms with Gasteiger partial charge in [-0.1, -0.05) is 43.0 Å². The number of rotatable bonds is 10. The molecule has 1 N–H and O–H groups in total. The van der Waals surface area contributed by atoms with Crippen molar-refractivity contribution >= 4 is 11.6 Å². The Morgan fingerprint density at radius 3 is 2.55 bits per heavy atom. The van der Waals surface area contributed by atoms with Crippen molar-refractivity contribution in [1.82, 2.24) is 4.90 Å². The molecule has 1 rings (SSSR count). The topological polar surface area (TPSA) is 23.5 Å². The van der Waals surface area contributed by atoms with Crippen LogP contribution in [0.15, 0.2) is 55.3 Å². The summed E-state index contributed by atoms with van der Waals surface area (Å²) in [5.74, 6) is 0.985. The van der Waals surface area contributed by atoms with Gasteiger partial charge in [-0.25, -0.2) is 0 Å². The van der Waals surface area contributed by atoms with Gasteiger partial charge in [-0.3, -0.25) is 0 Å². The van der Waals surface area contributed by atoms with E-state index in [1.54, 1.807) is 0 Å². The van der Waals surface area contributed by atoms with E-state index in [0.717, 1.165) is 30.5 Å². The lowest BCUT2D eigenvalue weighted by Gasteiger charge is -2.35. The van der Waals surface area contributed by atoms with Gasteiger partial charge in [0, 0.05) is 24.5 Å². The Labute approximate surface area is 140 Å². The van der Waals surface area contributed by atoms with Crippen LogP contribution >= 0.6 is 11.6 Å². The van der Waals surface area contributed by atoms with Crippen molar-refractivity contribution in [2.24, 2.45) is 5.92 Å². The molecular weight excluding hydrogens is 294 g/mol. The monoisotopic (exact) mass is 321 g/mol. The maximum atomic E-state index is 10.6. The number of halogens is 1. The third-order valence-electron chi connectivity index (χ3n) is 4.27. The van der Waals surface area contributed by atoms with Crippen molar-refractivity contribution in [3.05, 3.63) is 60.8 Å². The van der Waals surface area contributed by atoms with Gasteiger partial charge in [-0.15, -0.1) is 18.2 Å². The van der Waals surface area contributed by atoms with Gasteiger partial charge in [0.2, 0.25) is 0 Å². The van der Waals surface area contributed by atoms with Gasteiger partial charge in [0.25, 0.3) is 0 Å². The standard InChI is InChI=1S/C19H28ClNO/c1-5-10-17(13-9-14-20)15(2)21(4)16(3)19(22)18-11-7-6-8-12-18/h5-8,11-12,16-17,19,22H,1-2,9-10,13-14H2,3-4H3/t16-,17-,19+/m1/s1. The van der Waals surface area contributed by atoms with Crippen molar-refractivity contribution in [3.8, 4) is 0 Å². The lowest BCUT2D eigenvalue weighted by molar-refractivity contribution is 0.0833. The highest BCUT2D eigenvalue weighted by Gasteiger charge is 2.24. The van der Waals surface area contributed by atoms with E-state index in [2.05, 4.69) is 18.1 Å². The predicted octanol–water partition coefficient (Wildman–Crippen LogP) is 4.77.